The van der Waals surface area contributed by atoms with E-state index in [-0.39, 0.29) is 12.5 Å². The molecule has 1 aliphatic carbocycles. The van der Waals surface area contributed by atoms with Crippen LogP contribution in [0.3, 0.4) is 0 Å². The van der Waals surface area contributed by atoms with Gasteiger partial charge in [0.25, 0.3) is 0 Å². The number of hydrogen-bond acceptors (Lipinski definition) is 3. The van der Waals surface area contributed by atoms with Crippen molar-refractivity contribution >= 4 is 0 Å². The van der Waals surface area contributed by atoms with Crippen LogP contribution in [0.4, 0.5) is 4.39 Å². The van der Waals surface area contributed by atoms with Crippen LogP contribution in [0.15, 0.2) is 0 Å². The van der Waals surface area contributed by atoms with Gasteiger partial charge in [-0.1, -0.05) is 0 Å². The number of aliphatic hydroxyl groups excluding tert-OH is 2. The Balaban J connectivity index is 2.53. The summed E-state index contributed by atoms with van der Waals surface area (Å²) in [5.74, 6) is -0.370. The summed E-state index contributed by atoms with van der Waals surface area (Å²) in [4.78, 5) is 0. The molecule has 0 aromatic rings. The molecule has 3 nitrogen and oxygen atoms in total. The van der Waals surface area contributed by atoms with Crippen molar-refractivity contribution in [2.45, 2.75) is 24.7 Å². The molecular weight excluding hydrogens is 137 g/mol. The average molecular weight is 149 g/mol. The molecule has 10 heavy (non-hydrogen) atoms. The van der Waals surface area contributed by atoms with Crippen molar-refractivity contribution in [3.05, 3.63) is 0 Å². The average Bonchev–Trinajstić information content (AvgIpc) is 2.17. The van der Waals surface area contributed by atoms with Crippen LogP contribution in [0.25, 0.3) is 0 Å². The molecule has 60 valence electrons. The van der Waals surface area contributed by atoms with E-state index in [0.29, 0.717) is 6.42 Å². The van der Waals surface area contributed by atoms with Crippen LogP contribution < -0.4 is 5.73 Å². The second kappa shape index (κ2) is 2.82. The summed E-state index contributed by atoms with van der Waals surface area (Å²) in [6.07, 6.45) is -2.06. The Hall–Kier alpha value is -0.190. The zero-order valence-corrected chi connectivity index (χ0v) is 5.57. The first kappa shape index (κ1) is 7.91. The maximum absolute atomic E-state index is 12.7. The molecule has 4 atom stereocenters. The number of nitrogens with two attached hydrogens (primary N) is 1. The van der Waals surface area contributed by atoms with Gasteiger partial charge in [0.1, 0.15) is 6.17 Å². The molecule has 0 heterocycles. The topological polar surface area (TPSA) is 66.5 Å². The van der Waals surface area contributed by atoms with Gasteiger partial charge in [-0.05, 0) is 6.42 Å². The lowest BCUT2D eigenvalue weighted by atomic mass is 10.1. The first-order valence-corrected chi connectivity index (χ1v) is 3.35. The SMILES string of the molecule is N[C@H]1C[C@@H](CO)[C@@H](O)[C@@H]1F. The van der Waals surface area contributed by atoms with E-state index in [1.165, 1.54) is 0 Å². The molecule has 0 unspecified atom stereocenters. The smallest absolute Gasteiger partial charge is 0.141 e. The molecule has 0 amide bonds. The van der Waals surface area contributed by atoms with Gasteiger partial charge in [-0.2, -0.15) is 0 Å². The first-order chi connectivity index (χ1) is 4.66. The molecule has 4 N–H and O–H groups in total. The molecular formula is C6H12FNO2. The van der Waals surface area contributed by atoms with Crippen molar-refractivity contribution in [3.63, 3.8) is 0 Å². The fraction of sp³-hybridized carbons (Fsp3) is 1.00. The van der Waals surface area contributed by atoms with E-state index in [2.05, 4.69) is 0 Å². The standard InChI is InChI=1S/C6H12FNO2/c7-5-4(8)1-3(2-9)6(5)10/h3-6,9-10H,1-2,8H2/t3-,4-,5+,6+/m0/s1. The minimum absolute atomic E-state index is 0.185. The highest BCUT2D eigenvalue weighted by Crippen LogP contribution is 2.26. The summed E-state index contributed by atoms with van der Waals surface area (Å²) in [6, 6.07) is -0.604. The number of hydrogen-bond donors (Lipinski definition) is 3. The third-order valence-electron chi connectivity index (χ3n) is 2.03. The van der Waals surface area contributed by atoms with Crippen molar-refractivity contribution in [1.29, 1.82) is 0 Å². The van der Waals surface area contributed by atoms with Crippen molar-refractivity contribution < 1.29 is 14.6 Å². The van der Waals surface area contributed by atoms with E-state index in [4.69, 9.17) is 15.9 Å². The Labute approximate surface area is 58.7 Å². The maximum atomic E-state index is 12.7. The molecule has 1 rings (SSSR count). The Morgan fingerprint density at radius 1 is 1.60 bits per heavy atom. The van der Waals surface area contributed by atoms with Crippen LogP contribution in [0.2, 0.25) is 0 Å². The molecule has 1 aliphatic rings. The largest absolute Gasteiger partial charge is 0.396 e. The molecule has 0 saturated heterocycles. The van der Waals surface area contributed by atoms with E-state index >= 15 is 0 Å². The molecule has 0 aromatic carbocycles. The van der Waals surface area contributed by atoms with Gasteiger partial charge in [-0.15, -0.1) is 0 Å². The fourth-order valence-corrected chi connectivity index (χ4v) is 1.31. The Morgan fingerprint density at radius 2 is 2.20 bits per heavy atom. The van der Waals surface area contributed by atoms with Crippen LogP contribution in [-0.4, -0.2) is 35.1 Å². The monoisotopic (exact) mass is 149 g/mol. The molecule has 0 spiro atoms. The molecule has 0 aromatic heterocycles. The Bertz CT molecular complexity index is 122. The van der Waals surface area contributed by atoms with Crippen LogP contribution in [0, 0.1) is 5.92 Å². The summed E-state index contributed by atoms with van der Waals surface area (Å²) in [5, 5.41) is 17.6. The molecule has 0 bridgehead atoms. The minimum atomic E-state index is -1.36. The normalized spacial score (nSPS) is 48.0. The third kappa shape index (κ3) is 1.14. The van der Waals surface area contributed by atoms with E-state index in [1.54, 1.807) is 0 Å². The van der Waals surface area contributed by atoms with Gasteiger partial charge < -0.3 is 15.9 Å². The number of halogens is 1. The number of alkyl halides is 1. The van der Waals surface area contributed by atoms with Crippen LogP contribution in [0.1, 0.15) is 6.42 Å². The van der Waals surface area contributed by atoms with E-state index in [0.717, 1.165) is 0 Å². The van der Waals surface area contributed by atoms with Gasteiger partial charge in [0, 0.05) is 18.6 Å². The lowest BCUT2D eigenvalue weighted by Gasteiger charge is -2.11. The van der Waals surface area contributed by atoms with Gasteiger partial charge in [-0.25, -0.2) is 4.39 Å². The van der Waals surface area contributed by atoms with Crippen molar-refractivity contribution in [1.82, 2.24) is 0 Å². The zero-order valence-electron chi connectivity index (χ0n) is 5.57. The fourth-order valence-electron chi connectivity index (χ4n) is 1.31. The van der Waals surface area contributed by atoms with E-state index in [1.807, 2.05) is 0 Å². The lowest BCUT2D eigenvalue weighted by molar-refractivity contribution is 0.0436. The zero-order chi connectivity index (χ0) is 7.72. The first-order valence-electron chi connectivity index (χ1n) is 3.35. The summed E-state index contributed by atoms with van der Waals surface area (Å²) in [6.45, 7) is -0.185. The Kier molecular flexibility index (Phi) is 2.23. The minimum Gasteiger partial charge on any atom is -0.396 e. The molecule has 1 fully saturated rings. The molecule has 0 radical (unpaired) electrons. The highest BCUT2D eigenvalue weighted by Gasteiger charge is 2.40. The summed E-state index contributed by atoms with van der Waals surface area (Å²) in [5.41, 5.74) is 5.29. The summed E-state index contributed by atoms with van der Waals surface area (Å²) in [7, 11) is 0. The third-order valence-corrected chi connectivity index (χ3v) is 2.03. The van der Waals surface area contributed by atoms with Crippen molar-refractivity contribution in [3.8, 4) is 0 Å². The maximum Gasteiger partial charge on any atom is 0.141 e. The van der Waals surface area contributed by atoms with Gasteiger partial charge in [0.15, 0.2) is 0 Å². The van der Waals surface area contributed by atoms with Crippen molar-refractivity contribution in [2.75, 3.05) is 6.61 Å². The molecule has 0 aliphatic heterocycles. The van der Waals surface area contributed by atoms with Gasteiger partial charge in [0.2, 0.25) is 0 Å². The van der Waals surface area contributed by atoms with Crippen LogP contribution >= 0.6 is 0 Å². The quantitative estimate of drug-likeness (QED) is 0.449. The molecule has 1 saturated carbocycles. The summed E-state index contributed by atoms with van der Waals surface area (Å²) >= 11 is 0. The van der Waals surface area contributed by atoms with Gasteiger partial charge in [-0.3, -0.25) is 0 Å². The Morgan fingerprint density at radius 3 is 2.40 bits per heavy atom. The highest BCUT2D eigenvalue weighted by molar-refractivity contribution is 4.93. The lowest BCUT2D eigenvalue weighted by Crippen LogP contribution is -2.32. The van der Waals surface area contributed by atoms with Gasteiger partial charge in [0.05, 0.1) is 6.10 Å². The molecule has 4 heteroatoms. The number of rotatable bonds is 1. The highest BCUT2D eigenvalue weighted by atomic mass is 19.1. The van der Waals surface area contributed by atoms with Crippen LogP contribution in [0.5, 0.6) is 0 Å². The van der Waals surface area contributed by atoms with Crippen LogP contribution in [-0.2, 0) is 0 Å². The van der Waals surface area contributed by atoms with Gasteiger partial charge >= 0.3 is 0 Å². The second-order valence-electron chi connectivity index (χ2n) is 2.78. The number of aliphatic hydroxyl groups is 2. The van der Waals surface area contributed by atoms with Crippen molar-refractivity contribution in [2.24, 2.45) is 11.7 Å². The second-order valence-corrected chi connectivity index (χ2v) is 2.78. The predicted octanol–water partition coefficient (Wildman–Crippen LogP) is -0.975. The predicted molar refractivity (Wildman–Crippen MR) is 34.1 cm³/mol. The van der Waals surface area contributed by atoms with E-state index < -0.39 is 18.3 Å². The van der Waals surface area contributed by atoms with E-state index in [9.17, 15) is 4.39 Å². The summed E-state index contributed by atoms with van der Waals surface area (Å²) < 4.78 is 12.7.